The number of carbonyl (C=O) groups is 2. The molecule has 5 nitrogen and oxygen atoms in total. The summed E-state index contributed by atoms with van der Waals surface area (Å²) in [5.41, 5.74) is 2.97. The van der Waals surface area contributed by atoms with Crippen LogP contribution in [0.5, 0.6) is 5.75 Å². The van der Waals surface area contributed by atoms with Crippen LogP contribution in [0.1, 0.15) is 46.1 Å². The summed E-state index contributed by atoms with van der Waals surface area (Å²) in [5.74, 6) is 0.296. The summed E-state index contributed by atoms with van der Waals surface area (Å²) in [4.78, 5) is 28.3. The zero-order valence-corrected chi connectivity index (χ0v) is 18.1. The van der Waals surface area contributed by atoms with Crippen molar-refractivity contribution >= 4 is 23.4 Å². The molecule has 3 aromatic carbocycles. The maximum atomic E-state index is 13.3. The summed E-state index contributed by atoms with van der Waals surface area (Å²) in [6.07, 6.45) is 0. The van der Waals surface area contributed by atoms with Gasteiger partial charge >= 0.3 is 0 Å². The molecule has 0 radical (unpaired) electrons. The van der Waals surface area contributed by atoms with Crippen molar-refractivity contribution in [1.82, 2.24) is 10.2 Å². The van der Waals surface area contributed by atoms with E-state index < -0.39 is 6.04 Å². The highest BCUT2D eigenvalue weighted by molar-refractivity contribution is 6.31. The Bertz CT molecular complexity index is 1130. The molecule has 1 heterocycles. The van der Waals surface area contributed by atoms with Crippen molar-refractivity contribution in [2.24, 2.45) is 0 Å². The molecule has 3 aromatic rings. The molecule has 0 aliphatic carbocycles. The first kappa shape index (κ1) is 20.9. The third kappa shape index (κ3) is 4.01. The van der Waals surface area contributed by atoms with Gasteiger partial charge in [-0.05, 0) is 47.9 Å². The lowest BCUT2D eigenvalue weighted by molar-refractivity contribution is -0.126. The van der Waals surface area contributed by atoms with E-state index in [1.54, 1.807) is 24.1 Å². The van der Waals surface area contributed by atoms with E-state index in [1.165, 1.54) is 0 Å². The maximum absolute atomic E-state index is 13.3. The van der Waals surface area contributed by atoms with Crippen molar-refractivity contribution in [3.8, 4) is 5.75 Å². The number of methoxy groups -OCH3 is 1. The number of ether oxygens (including phenoxy) is 1. The molecule has 0 spiro atoms. The lowest BCUT2D eigenvalue weighted by atomic mass is 10.0. The van der Waals surface area contributed by atoms with Gasteiger partial charge in [0.1, 0.15) is 11.8 Å². The predicted molar refractivity (Wildman–Crippen MR) is 120 cm³/mol. The molecule has 1 aliphatic rings. The summed E-state index contributed by atoms with van der Waals surface area (Å²) < 4.78 is 5.33. The van der Waals surface area contributed by atoms with Crippen LogP contribution in [0.2, 0.25) is 5.02 Å². The van der Waals surface area contributed by atoms with Crippen molar-refractivity contribution in [3.63, 3.8) is 0 Å². The molecule has 31 heavy (non-hydrogen) atoms. The van der Waals surface area contributed by atoms with Gasteiger partial charge in [0.15, 0.2) is 0 Å². The van der Waals surface area contributed by atoms with Crippen molar-refractivity contribution in [1.29, 1.82) is 0 Å². The van der Waals surface area contributed by atoms with E-state index in [0.717, 1.165) is 11.1 Å². The molecular formula is C25H23ClN2O3. The van der Waals surface area contributed by atoms with Gasteiger partial charge < -0.3 is 15.0 Å². The van der Waals surface area contributed by atoms with Crippen LogP contribution in [0.25, 0.3) is 0 Å². The van der Waals surface area contributed by atoms with Gasteiger partial charge in [-0.3, -0.25) is 9.59 Å². The molecule has 0 saturated carbocycles. The average molecular weight is 435 g/mol. The molecule has 0 bridgehead atoms. The van der Waals surface area contributed by atoms with Crippen molar-refractivity contribution in [2.45, 2.75) is 25.6 Å². The lowest BCUT2D eigenvalue weighted by Crippen LogP contribution is -2.40. The Kier molecular flexibility index (Phi) is 5.96. The molecule has 6 heteroatoms. The first-order chi connectivity index (χ1) is 15.0. The van der Waals surface area contributed by atoms with E-state index in [9.17, 15) is 9.59 Å². The smallest absolute Gasteiger partial charge is 0.255 e. The molecular weight excluding hydrogens is 412 g/mol. The minimum Gasteiger partial charge on any atom is -0.497 e. The third-order valence-electron chi connectivity index (χ3n) is 5.65. The van der Waals surface area contributed by atoms with Crippen LogP contribution in [-0.4, -0.2) is 23.8 Å². The summed E-state index contributed by atoms with van der Waals surface area (Å²) in [5, 5.41) is 3.55. The highest BCUT2D eigenvalue weighted by Crippen LogP contribution is 2.40. The van der Waals surface area contributed by atoms with Gasteiger partial charge in [0.25, 0.3) is 5.91 Å². The standard InChI is InChI=1S/C25H23ClN2O3/c1-16(17-9-7-10-19(14-17)31-2)28-23(20-11-4-5-12-21(20)25(28)30)24(29)27-15-18-8-3-6-13-22(18)26/h3-14,16,23H,15H2,1-2H3,(H,27,29)/t16-,23?/m1/s1. The molecule has 0 fully saturated rings. The van der Waals surface area contributed by atoms with Gasteiger partial charge in [-0.15, -0.1) is 0 Å². The molecule has 1 N–H and O–H groups in total. The van der Waals surface area contributed by atoms with E-state index in [-0.39, 0.29) is 24.4 Å². The minimum absolute atomic E-state index is 0.163. The molecule has 1 unspecified atom stereocenters. The Labute approximate surface area is 186 Å². The van der Waals surface area contributed by atoms with Gasteiger partial charge in [-0.1, -0.05) is 60.1 Å². The number of carbonyl (C=O) groups excluding carboxylic acids is 2. The second-order valence-corrected chi connectivity index (χ2v) is 7.87. The van der Waals surface area contributed by atoms with Gasteiger partial charge in [-0.25, -0.2) is 0 Å². The second-order valence-electron chi connectivity index (χ2n) is 7.46. The SMILES string of the molecule is COc1cccc([C@@H](C)N2C(=O)c3ccccc3C2C(=O)NCc2ccccc2Cl)c1. The zero-order chi connectivity index (χ0) is 22.0. The fraction of sp³-hybridized carbons (Fsp3) is 0.200. The van der Waals surface area contributed by atoms with Crippen LogP contribution in [-0.2, 0) is 11.3 Å². The summed E-state index contributed by atoms with van der Waals surface area (Å²) in [6, 6.07) is 21.1. The van der Waals surface area contributed by atoms with E-state index in [4.69, 9.17) is 16.3 Å². The number of rotatable bonds is 6. The van der Waals surface area contributed by atoms with Crippen LogP contribution in [0.3, 0.4) is 0 Å². The maximum Gasteiger partial charge on any atom is 0.255 e. The van der Waals surface area contributed by atoms with Crippen molar-refractivity contribution < 1.29 is 14.3 Å². The molecule has 2 amide bonds. The Hall–Kier alpha value is -3.31. The van der Waals surface area contributed by atoms with Gasteiger partial charge in [0.05, 0.1) is 13.2 Å². The highest BCUT2D eigenvalue weighted by Gasteiger charge is 2.43. The van der Waals surface area contributed by atoms with Gasteiger partial charge in [-0.2, -0.15) is 0 Å². The number of nitrogens with one attached hydrogen (secondary N) is 1. The van der Waals surface area contributed by atoms with E-state index in [2.05, 4.69) is 5.32 Å². The normalized spacial score (nSPS) is 16.0. The summed E-state index contributed by atoms with van der Waals surface area (Å²) in [7, 11) is 1.60. The lowest BCUT2D eigenvalue weighted by Gasteiger charge is -2.31. The molecule has 4 rings (SSSR count). The van der Waals surface area contributed by atoms with Gasteiger partial charge in [0.2, 0.25) is 5.91 Å². The number of amides is 2. The molecule has 158 valence electrons. The van der Waals surface area contributed by atoms with Crippen molar-refractivity contribution in [3.05, 3.63) is 100 Å². The van der Waals surface area contributed by atoms with Gasteiger partial charge in [0, 0.05) is 17.1 Å². The summed E-state index contributed by atoms with van der Waals surface area (Å²) >= 11 is 6.23. The van der Waals surface area contributed by atoms with Crippen LogP contribution >= 0.6 is 11.6 Å². The number of hydrogen-bond donors (Lipinski definition) is 1. The van der Waals surface area contributed by atoms with Crippen LogP contribution in [0, 0.1) is 0 Å². The highest BCUT2D eigenvalue weighted by atomic mass is 35.5. The monoisotopic (exact) mass is 434 g/mol. The quantitative estimate of drug-likeness (QED) is 0.598. The predicted octanol–water partition coefficient (Wildman–Crippen LogP) is 4.92. The van der Waals surface area contributed by atoms with Crippen molar-refractivity contribution in [2.75, 3.05) is 7.11 Å². The number of fused-ring (bicyclic) bond motifs is 1. The number of halogens is 1. The molecule has 1 aliphatic heterocycles. The number of benzene rings is 3. The zero-order valence-electron chi connectivity index (χ0n) is 17.3. The topological polar surface area (TPSA) is 58.6 Å². The molecule has 0 aromatic heterocycles. The Balaban J connectivity index is 1.65. The number of hydrogen-bond acceptors (Lipinski definition) is 3. The molecule has 0 saturated heterocycles. The van der Waals surface area contributed by atoms with E-state index in [0.29, 0.717) is 21.9 Å². The van der Waals surface area contributed by atoms with E-state index >= 15 is 0 Å². The number of nitrogens with zero attached hydrogens (tertiary/aromatic N) is 1. The largest absolute Gasteiger partial charge is 0.497 e. The molecule has 2 atom stereocenters. The fourth-order valence-electron chi connectivity index (χ4n) is 3.99. The van der Waals surface area contributed by atoms with Crippen LogP contribution < -0.4 is 10.1 Å². The minimum atomic E-state index is -0.729. The first-order valence-electron chi connectivity index (χ1n) is 10.1. The van der Waals surface area contributed by atoms with E-state index in [1.807, 2.05) is 67.6 Å². The third-order valence-corrected chi connectivity index (χ3v) is 6.02. The van der Waals surface area contributed by atoms with Crippen LogP contribution in [0.4, 0.5) is 0 Å². The summed E-state index contributed by atoms with van der Waals surface area (Å²) in [6.45, 7) is 2.21. The Morgan fingerprint density at radius 2 is 1.84 bits per heavy atom. The second kappa shape index (κ2) is 8.82. The first-order valence-corrected chi connectivity index (χ1v) is 10.5. The fourth-order valence-corrected chi connectivity index (χ4v) is 4.19. The average Bonchev–Trinajstić information content (AvgIpc) is 3.10. The van der Waals surface area contributed by atoms with Crippen LogP contribution in [0.15, 0.2) is 72.8 Å². The Morgan fingerprint density at radius 3 is 2.61 bits per heavy atom. The Morgan fingerprint density at radius 1 is 1.10 bits per heavy atom.